The Kier molecular flexibility index (Phi) is 5.88. The molecule has 1 aliphatic rings. The minimum absolute atomic E-state index is 0.0221. The van der Waals surface area contributed by atoms with Crippen molar-refractivity contribution < 1.29 is 27.4 Å². The number of ether oxygens (including phenoxy) is 3. The van der Waals surface area contributed by atoms with Crippen LogP contribution in [0.4, 0.5) is 11.4 Å². The van der Waals surface area contributed by atoms with Gasteiger partial charge in [0, 0.05) is 24.8 Å². The van der Waals surface area contributed by atoms with Crippen molar-refractivity contribution in [2.24, 2.45) is 0 Å². The van der Waals surface area contributed by atoms with Crippen LogP contribution in [0.15, 0.2) is 34.5 Å². The molecule has 0 spiro atoms. The highest BCUT2D eigenvalue weighted by molar-refractivity contribution is 7.93. The van der Waals surface area contributed by atoms with E-state index in [9.17, 15) is 13.2 Å². The summed E-state index contributed by atoms with van der Waals surface area (Å²) >= 11 is 1.01. The third-order valence-corrected chi connectivity index (χ3v) is 6.53. The molecule has 0 radical (unpaired) electrons. The molecule has 1 aromatic heterocycles. The molecule has 2 heterocycles. The molecule has 8 nitrogen and oxygen atoms in total. The Morgan fingerprint density at radius 2 is 1.96 bits per heavy atom. The van der Waals surface area contributed by atoms with Crippen molar-refractivity contribution in [1.82, 2.24) is 0 Å². The monoisotopic (exact) mass is 412 g/mol. The first-order chi connectivity index (χ1) is 13.0. The summed E-state index contributed by atoms with van der Waals surface area (Å²) < 4.78 is 43.4. The Morgan fingerprint density at radius 1 is 1.22 bits per heavy atom. The standard InChI is InChI=1S/C17H20N2O6S2/c1-23-14-11-12(19-6-8-25-9-7-19)3-4-13(14)18-27(21,22)15-5-10-26-16(15)17(20)24-2/h3-5,10-11,18H,6-9H2,1-2H3. The third-order valence-electron chi connectivity index (χ3n) is 4.10. The van der Waals surface area contributed by atoms with Crippen LogP contribution in [0.25, 0.3) is 0 Å². The molecule has 1 aliphatic heterocycles. The molecule has 27 heavy (non-hydrogen) atoms. The summed E-state index contributed by atoms with van der Waals surface area (Å²) in [5, 5.41) is 1.53. The van der Waals surface area contributed by atoms with Crippen LogP contribution >= 0.6 is 11.3 Å². The van der Waals surface area contributed by atoms with Crippen LogP contribution in [0.3, 0.4) is 0 Å². The number of esters is 1. The summed E-state index contributed by atoms with van der Waals surface area (Å²) in [4.78, 5) is 13.8. The number of nitrogens with one attached hydrogen (secondary N) is 1. The zero-order valence-electron chi connectivity index (χ0n) is 14.9. The van der Waals surface area contributed by atoms with E-state index in [1.54, 1.807) is 12.1 Å². The maximum atomic E-state index is 12.8. The minimum Gasteiger partial charge on any atom is -0.494 e. The van der Waals surface area contributed by atoms with Crippen molar-refractivity contribution in [2.45, 2.75) is 4.90 Å². The number of carbonyl (C=O) groups is 1. The molecule has 0 aliphatic carbocycles. The van der Waals surface area contributed by atoms with E-state index in [4.69, 9.17) is 9.47 Å². The third kappa shape index (κ3) is 4.18. The molecule has 1 fully saturated rings. The number of thiophene rings is 1. The van der Waals surface area contributed by atoms with Gasteiger partial charge in [0.15, 0.2) is 0 Å². The lowest BCUT2D eigenvalue weighted by Gasteiger charge is -2.29. The minimum atomic E-state index is -3.98. The van der Waals surface area contributed by atoms with Crippen LogP contribution in [0, 0.1) is 0 Å². The first kappa shape index (κ1) is 19.5. The second-order valence-corrected chi connectivity index (χ2v) is 8.26. The van der Waals surface area contributed by atoms with Crippen molar-refractivity contribution in [3.05, 3.63) is 34.5 Å². The van der Waals surface area contributed by atoms with Gasteiger partial charge in [0.1, 0.15) is 15.5 Å². The number of nitrogens with zero attached hydrogens (tertiary/aromatic N) is 1. The van der Waals surface area contributed by atoms with E-state index in [0.717, 1.165) is 30.1 Å². The second-order valence-electron chi connectivity index (χ2n) is 5.70. The van der Waals surface area contributed by atoms with Gasteiger partial charge in [-0.2, -0.15) is 0 Å². The van der Waals surface area contributed by atoms with E-state index < -0.39 is 16.0 Å². The van der Waals surface area contributed by atoms with Gasteiger partial charge in [0.05, 0.1) is 33.1 Å². The summed E-state index contributed by atoms with van der Waals surface area (Å²) in [6, 6.07) is 6.61. The summed E-state index contributed by atoms with van der Waals surface area (Å²) in [6.45, 7) is 2.80. The molecular weight excluding hydrogens is 392 g/mol. The van der Waals surface area contributed by atoms with Crippen LogP contribution in [-0.2, 0) is 19.5 Å². The van der Waals surface area contributed by atoms with Crippen molar-refractivity contribution in [3.63, 3.8) is 0 Å². The molecule has 1 saturated heterocycles. The number of hydrogen-bond donors (Lipinski definition) is 1. The van der Waals surface area contributed by atoms with Gasteiger partial charge in [-0.15, -0.1) is 11.3 Å². The first-order valence-electron chi connectivity index (χ1n) is 8.15. The first-order valence-corrected chi connectivity index (χ1v) is 10.5. The molecule has 146 valence electrons. The number of benzene rings is 1. The Balaban J connectivity index is 1.88. The summed E-state index contributed by atoms with van der Waals surface area (Å²) in [6.07, 6.45) is 0. The van der Waals surface area contributed by atoms with E-state index in [-0.39, 0.29) is 15.5 Å². The molecule has 10 heteroatoms. The zero-order valence-corrected chi connectivity index (χ0v) is 16.6. The fraction of sp³-hybridized carbons (Fsp3) is 0.353. The van der Waals surface area contributed by atoms with E-state index >= 15 is 0 Å². The Morgan fingerprint density at radius 3 is 2.63 bits per heavy atom. The van der Waals surface area contributed by atoms with Gasteiger partial charge in [0.2, 0.25) is 0 Å². The van der Waals surface area contributed by atoms with Gasteiger partial charge < -0.3 is 19.1 Å². The molecule has 1 N–H and O–H groups in total. The SMILES string of the molecule is COC(=O)c1sccc1S(=O)(=O)Nc1ccc(N2CCOCC2)cc1OC. The number of hydrogen-bond acceptors (Lipinski definition) is 8. The van der Waals surface area contributed by atoms with Crippen LogP contribution in [-0.4, -0.2) is 54.9 Å². The molecule has 2 aromatic rings. The number of rotatable bonds is 6. The van der Waals surface area contributed by atoms with E-state index in [0.29, 0.717) is 19.0 Å². The van der Waals surface area contributed by atoms with Crippen LogP contribution in [0.1, 0.15) is 9.67 Å². The average molecular weight is 412 g/mol. The predicted molar refractivity (Wildman–Crippen MR) is 102 cm³/mol. The van der Waals surface area contributed by atoms with Crippen molar-refractivity contribution in [3.8, 4) is 5.75 Å². The molecule has 0 saturated carbocycles. The van der Waals surface area contributed by atoms with Crippen LogP contribution in [0.5, 0.6) is 5.75 Å². The summed E-state index contributed by atoms with van der Waals surface area (Å²) in [7, 11) is -1.30. The number of carbonyl (C=O) groups excluding carboxylic acids is 1. The molecule has 3 rings (SSSR count). The van der Waals surface area contributed by atoms with Gasteiger partial charge in [-0.3, -0.25) is 4.72 Å². The van der Waals surface area contributed by atoms with Gasteiger partial charge in [0.25, 0.3) is 10.0 Å². The second kappa shape index (κ2) is 8.15. The van der Waals surface area contributed by atoms with Crippen LogP contribution in [0.2, 0.25) is 0 Å². The lowest BCUT2D eigenvalue weighted by atomic mass is 10.2. The normalized spacial score (nSPS) is 14.7. The van der Waals surface area contributed by atoms with Crippen molar-refractivity contribution in [1.29, 1.82) is 0 Å². The molecule has 0 bridgehead atoms. The van der Waals surface area contributed by atoms with Crippen LogP contribution < -0.4 is 14.4 Å². The summed E-state index contributed by atoms with van der Waals surface area (Å²) in [5.41, 5.74) is 1.21. The smallest absolute Gasteiger partial charge is 0.349 e. The zero-order chi connectivity index (χ0) is 19.4. The lowest BCUT2D eigenvalue weighted by molar-refractivity contribution is 0.0602. The average Bonchev–Trinajstić information content (AvgIpc) is 3.19. The number of anilines is 2. The maximum Gasteiger partial charge on any atom is 0.349 e. The number of methoxy groups -OCH3 is 2. The van der Waals surface area contributed by atoms with Gasteiger partial charge in [-0.1, -0.05) is 0 Å². The Bertz CT molecular complexity index is 919. The quantitative estimate of drug-likeness (QED) is 0.727. The highest BCUT2D eigenvalue weighted by Gasteiger charge is 2.26. The van der Waals surface area contributed by atoms with Gasteiger partial charge in [-0.05, 0) is 23.6 Å². The Hall–Kier alpha value is -2.30. The molecule has 0 unspecified atom stereocenters. The lowest BCUT2D eigenvalue weighted by Crippen LogP contribution is -2.36. The van der Waals surface area contributed by atoms with Crippen molar-refractivity contribution >= 4 is 38.7 Å². The predicted octanol–water partition coefficient (Wildman–Crippen LogP) is 2.18. The topological polar surface area (TPSA) is 94.2 Å². The number of morpholine rings is 1. The Labute approximate surface area is 161 Å². The molecular formula is C17H20N2O6S2. The van der Waals surface area contributed by atoms with E-state index in [1.165, 1.54) is 25.7 Å². The molecule has 0 amide bonds. The van der Waals surface area contributed by atoms with E-state index in [1.807, 2.05) is 6.07 Å². The maximum absolute atomic E-state index is 12.8. The fourth-order valence-corrected chi connectivity index (χ4v) is 5.14. The fourth-order valence-electron chi connectivity index (χ4n) is 2.73. The van der Waals surface area contributed by atoms with Crippen molar-refractivity contribution in [2.75, 3.05) is 50.1 Å². The number of sulfonamides is 1. The molecule has 1 aromatic carbocycles. The van der Waals surface area contributed by atoms with Gasteiger partial charge in [-0.25, -0.2) is 13.2 Å². The summed E-state index contributed by atoms with van der Waals surface area (Å²) in [5.74, 6) is -0.308. The highest BCUT2D eigenvalue weighted by atomic mass is 32.2. The molecule has 0 atom stereocenters. The largest absolute Gasteiger partial charge is 0.494 e. The highest BCUT2D eigenvalue weighted by Crippen LogP contribution is 2.33. The van der Waals surface area contributed by atoms with E-state index in [2.05, 4.69) is 14.4 Å². The van der Waals surface area contributed by atoms with Gasteiger partial charge >= 0.3 is 5.97 Å².